The average molecular weight is 498 g/mol. The van der Waals surface area contributed by atoms with Crippen LogP contribution in [0.4, 0.5) is 5.13 Å². The standard InChI is InChI=1S/C21H19Cl3N4O2S/c1-3-11(2)17(25-18(29)13-8-15(23)10-16(24)9-13)19(30)26-21-28-27-20(31-21)12-4-6-14(22)7-5-12/h4-11,17H,3H2,1-2H3,(H,25,29)(H,26,28,30)/t11-,17-/m1/s1. The Morgan fingerprint density at radius 3 is 2.26 bits per heavy atom. The van der Waals surface area contributed by atoms with Crippen LogP contribution in [0.2, 0.25) is 15.1 Å². The number of carbonyl (C=O) groups excluding carboxylic acids is 2. The first kappa shape index (κ1) is 23.5. The van der Waals surface area contributed by atoms with Crippen molar-refractivity contribution in [3.63, 3.8) is 0 Å². The largest absolute Gasteiger partial charge is 0.340 e. The third-order valence-corrected chi connectivity index (χ3v) is 6.23. The van der Waals surface area contributed by atoms with E-state index < -0.39 is 11.9 Å². The molecule has 1 heterocycles. The van der Waals surface area contributed by atoms with Crippen molar-refractivity contribution in [2.45, 2.75) is 26.3 Å². The number of anilines is 1. The summed E-state index contributed by atoms with van der Waals surface area (Å²) in [5.41, 5.74) is 1.12. The maximum Gasteiger partial charge on any atom is 0.252 e. The molecular formula is C21H19Cl3N4O2S. The summed E-state index contributed by atoms with van der Waals surface area (Å²) < 4.78 is 0. The number of aromatic nitrogens is 2. The van der Waals surface area contributed by atoms with Crippen LogP contribution in [0.1, 0.15) is 30.6 Å². The quantitative estimate of drug-likeness (QED) is 0.422. The van der Waals surface area contributed by atoms with Crippen molar-refractivity contribution in [3.8, 4) is 10.6 Å². The van der Waals surface area contributed by atoms with E-state index in [1.807, 2.05) is 26.0 Å². The smallest absolute Gasteiger partial charge is 0.252 e. The third kappa shape index (κ3) is 6.17. The SMILES string of the molecule is CC[C@@H](C)[C@@H](NC(=O)c1cc(Cl)cc(Cl)c1)C(=O)Nc1nnc(-c2ccc(Cl)cc2)s1. The van der Waals surface area contributed by atoms with Crippen LogP contribution in [0.25, 0.3) is 10.6 Å². The lowest BCUT2D eigenvalue weighted by atomic mass is 9.98. The highest BCUT2D eigenvalue weighted by atomic mass is 35.5. The van der Waals surface area contributed by atoms with Gasteiger partial charge in [-0.15, -0.1) is 10.2 Å². The molecule has 2 N–H and O–H groups in total. The van der Waals surface area contributed by atoms with Crippen LogP contribution in [-0.2, 0) is 4.79 Å². The maximum absolute atomic E-state index is 12.9. The van der Waals surface area contributed by atoms with Gasteiger partial charge in [0.15, 0.2) is 0 Å². The molecule has 0 aliphatic heterocycles. The number of rotatable bonds is 7. The zero-order valence-electron chi connectivity index (χ0n) is 16.7. The summed E-state index contributed by atoms with van der Waals surface area (Å²) in [6, 6.07) is 10.9. The van der Waals surface area contributed by atoms with Gasteiger partial charge in [-0.2, -0.15) is 0 Å². The van der Waals surface area contributed by atoms with Crippen LogP contribution >= 0.6 is 46.1 Å². The van der Waals surface area contributed by atoms with E-state index >= 15 is 0 Å². The van der Waals surface area contributed by atoms with Crippen LogP contribution in [0, 0.1) is 5.92 Å². The molecule has 6 nitrogen and oxygen atoms in total. The van der Waals surface area contributed by atoms with Gasteiger partial charge in [-0.05, 0) is 36.2 Å². The minimum absolute atomic E-state index is 0.123. The van der Waals surface area contributed by atoms with E-state index in [9.17, 15) is 9.59 Å². The second-order valence-corrected chi connectivity index (χ2v) is 9.19. The molecule has 2 amide bonds. The normalized spacial score (nSPS) is 12.8. The molecule has 162 valence electrons. The number of hydrogen-bond donors (Lipinski definition) is 2. The van der Waals surface area contributed by atoms with E-state index in [0.29, 0.717) is 31.6 Å². The van der Waals surface area contributed by atoms with Crippen molar-refractivity contribution >= 4 is 63.1 Å². The van der Waals surface area contributed by atoms with Crippen molar-refractivity contribution in [1.29, 1.82) is 0 Å². The van der Waals surface area contributed by atoms with E-state index in [-0.39, 0.29) is 17.4 Å². The molecule has 0 radical (unpaired) electrons. The fraction of sp³-hybridized carbons (Fsp3) is 0.238. The van der Waals surface area contributed by atoms with Crippen molar-refractivity contribution in [1.82, 2.24) is 15.5 Å². The van der Waals surface area contributed by atoms with Gasteiger partial charge in [-0.25, -0.2) is 0 Å². The maximum atomic E-state index is 12.9. The topological polar surface area (TPSA) is 84.0 Å². The van der Waals surface area contributed by atoms with Gasteiger partial charge < -0.3 is 5.32 Å². The Labute approximate surface area is 198 Å². The lowest BCUT2D eigenvalue weighted by Crippen LogP contribution is -2.47. The molecule has 10 heteroatoms. The Balaban J connectivity index is 1.74. The van der Waals surface area contributed by atoms with Crippen molar-refractivity contribution in [3.05, 3.63) is 63.1 Å². The fourth-order valence-electron chi connectivity index (χ4n) is 2.78. The number of nitrogens with one attached hydrogen (secondary N) is 2. The van der Waals surface area contributed by atoms with Gasteiger partial charge in [0.05, 0.1) is 0 Å². The second-order valence-electron chi connectivity index (χ2n) is 6.90. The number of carbonyl (C=O) groups is 2. The molecule has 0 fully saturated rings. The van der Waals surface area contributed by atoms with Crippen LogP contribution < -0.4 is 10.6 Å². The van der Waals surface area contributed by atoms with Gasteiger partial charge in [0.25, 0.3) is 5.91 Å². The van der Waals surface area contributed by atoms with E-state index in [1.54, 1.807) is 12.1 Å². The summed E-state index contributed by atoms with van der Waals surface area (Å²) in [6.07, 6.45) is 0.681. The minimum Gasteiger partial charge on any atom is -0.340 e. The average Bonchev–Trinajstić information content (AvgIpc) is 3.19. The van der Waals surface area contributed by atoms with Gasteiger partial charge in [0.2, 0.25) is 11.0 Å². The first-order chi connectivity index (χ1) is 14.8. The number of hydrogen-bond acceptors (Lipinski definition) is 5. The highest BCUT2D eigenvalue weighted by Crippen LogP contribution is 2.27. The first-order valence-corrected chi connectivity index (χ1v) is 11.4. The Morgan fingerprint density at radius 2 is 1.65 bits per heavy atom. The summed E-state index contributed by atoms with van der Waals surface area (Å²) >= 11 is 19.1. The summed E-state index contributed by atoms with van der Waals surface area (Å²) in [5.74, 6) is -0.944. The molecule has 0 saturated heterocycles. The Kier molecular flexibility index (Phi) is 7.89. The zero-order valence-corrected chi connectivity index (χ0v) is 19.7. The molecule has 0 aliphatic rings. The van der Waals surface area contributed by atoms with Crippen molar-refractivity contribution in [2.24, 2.45) is 5.92 Å². The molecule has 2 atom stereocenters. The van der Waals surface area contributed by atoms with Crippen LogP contribution in [0.3, 0.4) is 0 Å². The highest BCUT2D eigenvalue weighted by Gasteiger charge is 2.27. The fourth-order valence-corrected chi connectivity index (χ4v) is 4.18. The second kappa shape index (κ2) is 10.4. The van der Waals surface area contributed by atoms with Gasteiger partial charge in [-0.1, -0.05) is 78.5 Å². The van der Waals surface area contributed by atoms with Gasteiger partial charge in [-0.3, -0.25) is 14.9 Å². The van der Waals surface area contributed by atoms with Gasteiger partial charge >= 0.3 is 0 Å². The number of amides is 2. The molecule has 2 aromatic carbocycles. The number of benzene rings is 2. The summed E-state index contributed by atoms with van der Waals surface area (Å²) in [4.78, 5) is 25.7. The molecule has 0 bridgehead atoms. The van der Waals surface area contributed by atoms with E-state index in [1.165, 1.54) is 29.5 Å². The number of nitrogens with zero attached hydrogens (tertiary/aromatic N) is 2. The molecule has 0 spiro atoms. The molecule has 31 heavy (non-hydrogen) atoms. The predicted octanol–water partition coefficient (Wildman–Crippen LogP) is 5.95. The highest BCUT2D eigenvalue weighted by molar-refractivity contribution is 7.18. The summed E-state index contributed by atoms with van der Waals surface area (Å²) in [6.45, 7) is 3.83. The lowest BCUT2D eigenvalue weighted by Gasteiger charge is -2.23. The molecule has 0 saturated carbocycles. The van der Waals surface area contributed by atoms with E-state index in [2.05, 4.69) is 20.8 Å². The molecule has 3 rings (SSSR count). The lowest BCUT2D eigenvalue weighted by molar-refractivity contribution is -0.119. The van der Waals surface area contributed by atoms with Gasteiger partial charge in [0.1, 0.15) is 11.0 Å². The van der Waals surface area contributed by atoms with E-state index in [0.717, 1.165) is 5.56 Å². The Bertz CT molecular complexity index is 1070. The van der Waals surface area contributed by atoms with Crippen LogP contribution in [0.5, 0.6) is 0 Å². The Morgan fingerprint density at radius 1 is 1.00 bits per heavy atom. The zero-order chi connectivity index (χ0) is 22.5. The predicted molar refractivity (Wildman–Crippen MR) is 126 cm³/mol. The number of halogens is 3. The molecular weight excluding hydrogens is 479 g/mol. The first-order valence-electron chi connectivity index (χ1n) is 9.44. The van der Waals surface area contributed by atoms with Gasteiger partial charge in [0, 0.05) is 26.2 Å². The Hall–Kier alpha value is -2.19. The van der Waals surface area contributed by atoms with E-state index in [4.69, 9.17) is 34.8 Å². The van der Waals surface area contributed by atoms with Crippen LogP contribution in [-0.4, -0.2) is 28.1 Å². The minimum atomic E-state index is -0.780. The third-order valence-electron chi connectivity index (χ3n) is 4.65. The molecule has 0 aliphatic carbocycles. The van der Waals surface area contributed by atoms with Crippen molar-refractivity contribution in [2.75, 3.05) is 5.32 Å². The molecule has 1 aromatic heterocycles. The molecule has 3 aromatic rings. The monoisotopic (exact) mass is 496 g/mol. The summed E-state index contributed by atoms with van der Waals surface area (Å²) in [5, 5.41) is 16.0. The molecule has 0 unspecified atom stereocenters. The van der Waals surface area contributed by atoms with Crippen LogP contribution in [0.15, 0.2) is 42.5 Å². The summed E-state index contributed by atoms with van der Waals surface area (Å²) in [7, 11) is 0. The van der Waals surface area contributed by atoms with Crippen molar-refractivity contribution < 1.29 is 9.59 Å².